The molecule has 0 aromatic carbocycles. The molecular weight excluding hydrogens is 467 g/mol. The molecule has 2 saturated heterocycles. The second-order valence-electron chi connectivity index (χ2n) is 7.40. The number of rotatable bonds is 7. The first-order chi connectivity index (χ1) is 11.9. The maximum Gasteiger partial charge on any atom is 0.191 e. The largest absolute Gasteiger partial charge is 0.379 e. The molecule has 0 spiro atoms. The van der Waals surface area contributed by atoms with Gasteiger partial charge in [0.15, 0.2) is 15.8 Å². The van der Waals surface area contributed by atoms with Crippen LogP contribution in [0.3, 0.4) is 0 Å². The highest BCUT2D eigenvalue weighted by Crippen LogP contribution is 2.14. The maximum absolute atomic E-state index is 11.7. The van der Waals surface area contributed by atoms with Crippen LogP contribution in [0.25, 0.3) is 0 Å². The van der Waals surface area contributed by atoms with Gasteiger partial charge in [-0.05, 0) is 25.7 Å². The lowest BCUT2D eigenvalue weighted by Crippen LogP contribution is -2.47. The summed E-state index contributed by atoms with van der Waals surface area (Å²) >= 11 is 0. The Kier molecular flexibility index (Phi) is 10.7. The van der Waals surface area contributed by atoms with Gasteiger partial charge < -0.3 is 15.4 Å². The smallest absolute Gasteiger partial charge is 0.191 e. The molecule has 0 aromatic rings. The average Bonchev–Trinajstić information content (AvgIpc) is 2.90. The van der Waals surface area contributed by atoms with Crippen molar-refractivity contribution in [2.75, 3.05) is 50.9 Å². The molecule has 154 valence electrons. The standard InChI is InChI=1S/C17H34N4O3S.HI/c1-4-18-17(20-15-5-10-25(22,23)13-15)19-12-16(11-14(2)3)21-6-8-24-9-7-21;/h14-16H,4-13H2,1-3H3,(H2,18,19,20);1H. The van der Waals surface area contributed by atoms with Crippen molar-refractivity contribution in [3.8, 4) is 0 Å². The van der Waals surface area contributed by atoms with Gasteiger partial charge in [-0.2, -0.15) is 0 Å². The van der Waals surface area contributed by atoms with Gasteiger partial charge in [-0.3, -0.25) is 9.89 Å². The number of hydrogen-bond acceptors (Lipinski definition) is 5. The SMILES string of the molecule is CCNC(=NCC(CC(C)C)N1CCOCC1)NC1CCS(=O)(=O)C1.I. The number of morpholine rings is 1. The van der Waals surface area contributed by atoms with E-state index in [9.17, 15) is 8.42 Å². The molecule has 0 radical (unpaired) electrons. The van der Waals surface area contributed by atoms with Gasteiger partial charge in [0, 0.05) is 31.7 Å². The van der Waals surface area contributed by atoms with E-state index in [1.54, 1.807) is 0 Å². The zero-order chi connectivity index (χ0) is 18.3. The summed E-state index contributed by atoms with van der Waals surface area (Å²) in [6, 6.07) is 0.362. The minimum atomic E-state index is -2.89. The summed E-state index contributed by atoms with van der Waals surface area (Å²) < 4.78 is 28.8. The third kappa shape index (κ3) is 8.26. The van der Waals surface area contributed by atoms with Gasteiger partial charge in [0.1, 0.15) is 0 Å². The number of ether oxygens (including phenoxy) is 1. The van der Waals surface area contributed by atoms with Gasteiger partial charge in [-0.25, -0.2) is 8.42 Å². The Morgan fingerprint density at radius 3 is 2.54 bits per heavy atom. The van der Waals surface area contributed by atoms with E-state index in [1.165, 1.54) is 0 Å². The maximum atomic E-state index is 11.7. The lowest BCUT2D eigenvalue weighted by molar-refractivity contribution is 0.0143. The third-order valence-electron chi connectivity index (χ3n) is 4.68. The van der Waals surface area contributed by atoms with Crippen molar-refractivity contribution in [3.63, 3.8) is 0 Å². The summed E-state index contributed by atoms with van der Waals surface area (Å²) in [5, 5.41) is 6.55. The van der Waals surface area contributed by atoms with Crippen LogP contribution in [0, 0.1) is 5.92 Å². The van der Waals surface area contributed by atoms with Crippen LogP contribution in [0.4, 0.5) is 0 Å². The van der Waals surface area contributed by atoms with Crippen LogP contribution in [-0.4, -0.2) is 82.3 Å². The van der Waals surface area contributed by atoms with E-state index in [-0.39, 0.29) is 41.5 Å². The fraction of sp³-hybridized carbons (Fsp3) is 0.941. The van der Waals surface area contributed by atoms with Gasteiger partial charge in [0.2, 0.25) is 0 Å². The molecule has 0 bridgehead atoms. The van der Waals surface area contributed by atoms with E-state index in [1.807, 2.05) is 6.92 Å². The van der Waals surface area contributed by atoms with Crippen molar-refractivity contribution in [2.24, 2.45) is 10.9 Å². The monoisotopic (exact) mass is 502 g/mol. The van der Waals surface area contributed by atoms with E-state index < -0.39 is 9.84 Å². The van der Waals surface area contributed by atoms with E-state index >= 15 is 0 Å². The molecule has 0 saturated carbocycles. The molecule has 0 aliphatic carbocycles. The van der Waals surface area contributed by atoms with Crippen molar-refractivity contribution in [2.45, 2.75) is 45.7 Å². The van der Waals surface area contributed by atoms with Crippen molar-refractivity contribution < 1.29 is 13.2 Å². The van der Waals surface area contributed by atoms with Crippen LogP contribution in [0.2, 0.25) is 0 Å². The molecule has 2 atom stereocenters. The number of aliphatic imine (C=N–C) groups is 1. The average molecular weight is 502 g/mol. The number of hydrogen-bond donors (Lipinski definition) is 2. The number of halogens is 1. The zero-order valence-electron chi connectivity index (χ0n) is 16.2. The summed E-state index contributed by atoms with van der Waals surface area (Å²) in [5.41, 5.74) is 0. The Balaban J connectivity index is 0.00000338. The molecule has 2 fully saturated rings. The van der Waals surface area contributed by atoms with Crippen molar-refractivity contribution >= 4 is 39.8 Å². The predicted octanol–water partition coefficient (Wildman–Crippen LogP) is 1.09. The second-order valence-corrected chi connectivity index (χ2v) is 9.62. The molecule has 26 heavy (non-hydrogen) atoms. The summed E-state index contributed by atoms with van der Waals surface area (Å²) in [6.45, 7) is 11.5. The molecule has 2 unspecified atom stereocenters. The molecule has 2 aliphatic rings. The van der Waals surface area contributed by atoms with E-state index in [0.717, 1.165) is 45.2 Å². The van der Waals surface area contributed by atoms with Crippen LogP contribution in [-0.2, 0) is 14.6 Å². The Bertz CT molecular complexity index is 536. The lowest BCUT2D eigenvalue weighted by atomic mass is 10.0. The van der Waals surface area contributed by atoms with E-state index in [4.69, 9.17) is 9.73 Å². The molecule has 2 N–H and O–H groups in total. The van der Waals surface area contributed by atoms with Crippen molar-refractivity contribution in [3.05, 3.63) is 0 Å². The van der Waals surface area contributed by atoms with Crippen LogP contribution in [0.5, 0.6) is 0 Å². The number of sulfone groups is 1. The number of nitrogens with zero attached hydrogens (tertiary/aromatic N) is 2. The van der Waals surface area contributed by atoms with Gasteiger partial charge >= 0.3 is 0 Å². The van der Waals surface area contributed by atoms with Gasteiger partial charge in [-0.1, -0.05) is 13.8 Å². The van der Waals surface area contributed by atoms with Gasteiger partial charge in [0.05, 0.1) is 31.3 Å². The van der Waals surface area contributed by atoms with Crippen molar-refractivity contribution in [1.29, 1.82) is 0 Å². The Morgan fingerprint density at radius 1 is 1.31 bits per heavy atom. The van der Waals surface area contributed by atoms with Crippen LogP contribution in [0.15, 0.2) is 4.99 Å². The quantitative estimate of drug-likeness (QED) is 0.308. The molecule has 7 nitrogen and oxygen atoms in total. The Morgan fingerprint density at radius 2 is 2.00 bits per heavy atom. The van der Waals surface area contributed by atoms with Crippen molar-refractivity contribution in [1.82, 2.24) is 15.5 Å². The first-order valence-corrected chi connectivity index (χ1v) is 11.3. The van der Waals surface area contributed by atoms with Crippen LogP contribution in [0.1, 0.15) is 33.6 Å². The zero-order valence-corrected chi connectivity index (χ0v) is 19.4. The number of guanidine groups is 1. The second kappa shape index (κ2) is 11.7. The molecule has 2 aliphatic heterocycles. The highest BCUT2D eigenvalue weighted by Gasteiger charge is 2.28. The first-order valence-electron chi connectivity index (χ1n) is 9.46. The minimum Gasteiger partial charge on any atom is -0.379 e. The lowest BCUT2D eigenvalue weighted by Gasteiger charge is -2.34. The molecule has 2 rings (SSSR count). The first kappa shape index (κ1) is 23.9. The van der Waals surface area contributed by atoms with Gasteiger partial charge in [-0.15, -0.1) is 24.0 Å². The number of nitrogens with one attached hydrogen (secondary N) is 2. The summed E-state index contributed by atoms with van der Waals surface area (Å²) in [4.78, 5) is 7.24. The van der Waals surface area contributed by atoms with E-state index in [2.05, 4.69) is 29.4 Å². The summed E-state index contributed by atoms with van der Waals surface area (Å²) in [7, 11) is -2.89. The Hall–Kier alpha value is -0.130. The summed E-state index contributed by atoms with van der Waals surface area (Å²) in [5.74, 6) is 1.81. The highest BCUT2D eigenvalue weighted by molar-refractivity contribution is 14.0. The Labute approximate surface area is 175 Å². The molecule has 9 heteroatoms. The summed E-state index contributed by atoms with van der Waals surface area (Å²) in [6.07, 6.45) is 1.76. The fourth-order valence-corrected chi connectivity index (χ4v) is 5.12. The van der Waals surface area contributed by atoms with Gasteiger partial charge in [0.25, 0.3) is 0 Å². The molecule has 2 heterocycles. The normalized spacial score (nSPS) is 24.9. The topological polar surface area (TPSA) is 83.0 Å². The van der Waals surface area contributed by atoms with E-state index in [0.29, 0.717) is 24.9 Å². The molecule has 0 aromatic heterocycles. The fourth-order valence-electron chi connectivity index (χ4n) is 3.44. The highest BCUT2D eigenvalue weighted by atomic mass is 127. The minimum absolute atomic E-state index is 0. The molecular formula is C17H35IN4O3S. The molecule has 0 amide bonds. The van der Waals surface area contributed by atoms with Crippen LogP contribution >= 0.6 is 24.0 Å². The predicted molar refractivity (Wildman–Crippen MR) is 117 cm³/mol. The van der Waals surface area contributed by atoms with Crippen LogP contribution < -0.4 is 10.6 Å². The third-order valence-corrected chi connectivity index (χ3v) is 6.45.